The van der Waals surface area contributed by atoms with E-state index in [1.807, 2.05) is 30.0 Å². The van der Waals surface area contributed by atoms with E-state index in [4.69, 9.17) is 14.0 Å². The Morgan fingerprint density at radius 3 is 2.84 bits per heavy atom. The number of rotatable bonds is 3. The number of aryl methyl sites for hydroxylation is 1. The number of carbonyl (C=O) groups excluding carboxylic acids is 1. The van der Waals surface area contributed by atoms with Crippen molar-refractivity contribution in [3.05, 3.63) is 35.5 Å². The Morgan fingerprint density at radius 2 is 2.08 bits per heavy atom. The minimum atomic E-state index is -0.274. The number of nitrogens with zero attached hydrogens (tertiary/aromatic N) is 3. The third kappa shape index (κ3) is 2.94. The number of fused-ring (bicyclic) bond motifs is 1. The molecule has 0 N–H and O–H groups in total. The Kier molecular flexibility index (Phi) is 4.07. The molecule has 132 valence electrons. The summed E-state index contributed by atoms with van der Waals surface area (Å²) in [5.41, 5.74) is 0.921. The van der Waals surface area contributed by atoms with Gasteiger partial charge in [-0.3, -0.25) is 4.79 Å². The Morgan fingerprint density at radius 1 is 1.28 bits per heavy atom. The van der Waals surface area contributed by atoms with Gasteiger partial charge >= 0.3 is 0 Å². The van der Waals surface area contributed by atoms with E-state index in [9.17, 15) is 4.79 Å². The molecule has 3 heterocycles. The molecule has 2 aliphatic rings. The fraction of sp³-hybridized carbons (Fsp3) is 0.500. The number of hydrogen-bond donors (Lipinski definition) is 0. The van der Waals surface area contributed by atoms with Gasteiger partial charge in [-0.25, -0.2) is 0 Å². The molecule has 4 rings (SSSR count). The summed E-state index contributed by atoms with van der Waals surface area (Å²) in [4.78, 5) is 19.2. The average Bonchev–Trinajstić information content (AvgIpc) is 3.28. The molecule has 0 unspecified atom stereocenters. The number of likely N-dealkylation sites (tertiary alicyclic amines) is 1. The molecular formula is C18H21N3O4. The minimum absolute atomic E-state index is 0.0710. The molecule has 0 aliphatic carbocycles. The summed E-state index contributed by atoms with van der Waals surface area (Å²) in [5.74, 6) is 2.35. The first-order valence-electron chi connectivity index (χ1n) is 8.63. The third-order valence-electron chi connectivity index (χ3n) is 4.81. The second-order valence-electron chi connectivity index (χ2n) is 6.49. The fourth-order valence-electron chi connectivity index (χ4n) is 3.47. The van der Waals surface area contributed by atoms with Gasteiger partial charge in [-0.1, -0.05) is 11.2 Å². The Bertz CT molecular complexity index is 788. The van der Waals surface area contributed by atoms with Crippen LogP contribution in [0, 0.1) is 6.92 Å². The van der Waals surface area contributed by atoms with Gasteiger partial charge in [0.1, 0.15) is 13.2 Å². The van der Waals surface area contributed by atoms with E-state index >= 15 is 0 Å². The van der Waals surface area contributed by atoms with E-state index in [1.165, 1.54) is 0 Å². The number of benzene rings is 1. The maximum absolute atomic E-state index is 13.1. The summed E-state index contributed by atoms with van der Waals surface area (Å²) in [6.07, 6.45) is 1.80. The molecule has 1 amide bonds. The highest BCUT2D eigenvalue weighted by Crippen LogP contribution is 2.36. The standard InChI is InChI=1S/C18H21N3O4/c1-11(13-5-6-15-16(10-13)24-9-8-23-15)18(22)21-7-3-4-14(21)17-19-12(2)25-20-17/h5-6,10-11,14H,3-4,7-9H2,1-2H3/t11-,14-/m1/s1. The first-order valence-corrected chi connectivity index (χ1v) is 8.63. The highest BCUT2D eigenvalue weighted by molar-refractivity contribution is 5.84. The molecule has 1 aromatic heterocycles. The van der Waals surface area contributed by atoms with Crippen LogP contribution in [0.3, 0.4) is 0 Å². The minimum Gasteiger partial charge on any atom is -0.486 e. The second-order valence-corrected chi connectivity index (χ2v) is 6.49. The number of aromatic nitrogens is 2. The van der Waals surface area contributed by atoms with Crippen LogP contribution in [0.2, 0.25) is 0 Å². The van der Waals surface area contributed by atoms with Gasteiger partial charge in [0.05, 0.1) is 12.0 Å². The fourth-order valence-corrected chi connectivity index (χ4v) is 3.47. The van der Waals surface area contributed by atoms with Gasteiger partial charge < -0.3 is 18.9 Å². The normalized spacial score (nSPS) is 20.6. The summed E-state index contributed by atoms with van der Waals surface area (Å²) in [7, 11) is 0. The number of hydrogen-bond acceptors (Lipinski definition) is 6. The summed E-state index contributed by atoms with van der Waals surface area (Å²) in [6, 6.07) is 5.60. The van der Waals surface area contributed by atoms with E-state index in [2.05, 4.69) is 10.1 Å². The van der Waals surface area contributed by atoms with Crippen LogP contribution in [0.4, 0.5) is 0 Å². The first-order chi connectivity index (χ1) is 12.1. The Hall–Kier alpha value is -2.57. The van der Waals surface area contributed by atoms with Crippen LogP contribution in [0.25, 0.3) is 0 Å². The molecule has 0 spiro atoms. The molecule has 7 nitrogen and oxygen atoms in total. The molecule has 0 saturated carbocycles. The van der Waals surface area contributed by atoms with Crippen molar-refractivity contribution in [2.24, 2.45) is 0 Å². The van der Waals surface area contributed by atoms with Crippen LogP contribution in [0.15, 0.2) is 22.7 Å². The van der Waals surface area contributed by atoms with Gasteiger partial charge in [-0.05, 0) is 37.5 Å². The first kappa shape index (κ1) is 15.9. The van der Waals surface area contributed by atoms with Crippen LogP contribution in [0.1, 0.15) is 49.0 Å². The van der Waals surface area contributed by atoms with Gasteiger partial charge in [0, 0.05) is 13.5 Å². The molecule has 2 aliphatic heterocycles. The summed E-state index contributed by atoms with van der Waals surface area (Å²) in [5, 5.41) is 4.00. The highest BCUT2D eigenvalue weighted by atomic mass is 16.6. The van der Waals surface area contributed by atoms with Crippen molar-refractivity contribution in [2.45, 2.75) is 38.6 Å². The van der Waals surface area contributed by atoms with Crippen molar-refractivity contribution in [2.75, 3.05) is 19.8 Å². The predicted octanol–water partition coefficient (Wildman–Crippen LogP) is 2.62. The van der Waals surface area contributed by atoms with E-state index in [0.29, 0.717) is 37.2 Å². The third-order valence-corrected chi connectivity index (χ3v) is 4.81. The van der Waals surface area contributed by atoms with Gasteiger partial charge in [-0.2, -0.15) is 4.98 Å². The van der Waals surface area contributed by atoms with E-state index in [1.54, 1.807) is 6.92 Å². The van der Waals surface area contributed by atoms with Crippen molar-refractivity contribution in [3.63, 3.8) is 0 Å². The van der Waals surface area contributed by atoms with Gasteiger partial charge in [0.25, 0.3) is 0 Å². The molecule has 0 bridgehead atoms. The number of carbonyl (C=O) groups is 1. The molecule has 1 saturated heterocycles. The lowest BCUT2D eigenvalue weighted by Crippen LogP contribution is -2.34. The molecular weight excluding hydrogens is 322 g/mol. The largest absolute Gasteiger partial charge is 0.486 e. The topological polar surface area (TPSA) is 77.7 Å². The monoisotopic (exact) mass is 343 g/mol. The molecule has 25 heavy (non-hydrogen) atoms. The summed E-state index contributed by atoms with van der Waals surface area (Å²) in [6.45, 7) is 5.48. The zero-order chi connectivity index (χ0) is 17.4. The van der Waals surface area contributed by atoms with Gasteiger partial charge in [0.2, 0.25) is 11.8 Å². The van der Waals surface area contributed by atoms with Gasteiger partial charge in [-0.15, -0.1) is 0 Å². The SMILES string of the molecule is Cc1nc([C@H]2CCCN2C(=O)[C@H](C)c2ccc3c(c2)OCCO3)no1. The lowest BCUT2D eigenvalue weighted by atomic mass is 9.98. The van der Waals surface area contributed by atoms with Crippen LogP contribution in [-0.4, -0.2) is 40.7 Å². The molecule has 2 aromatic rings. The smallest absolute Gasteiger partial charge is 0.230 e. The lowest BCUT2D eigenvalue weighted by molar-refractivity contribution is -0.133. The number of amides is 1. The zero-order valence-corrected chi connectivity index (χ0v) is 14.4. The molecule has 1 fully saturated rings. The van der Waals surface area contributed by atoms with Crippen molar-refractivity contribution in [1.82, 2.24) is 15.0 Å². The van der Waals surface area contributed by atoms with Crippen LogP contribution < -0.4 is 9.47 Å². The summed E-state index contributed by atoms with van der Waals surface area (Å²) >= 11 is 0. The molecule has 2 atom stereocenters. The van der Waals surface area contributed by atoms with Crippen molar-refractivity contribution < 1.29 is 18.8 Å². The zero-order valence-electron chi connectivity index (χ0n) is 14.4. The quantitative estimate of drug-likeness (QED) is 0.852. The number of ether oxygens (including phenoxy) is 2. The van der Waals surface area contributed by atoms with Crippen LogP contribution >= 0.6 is 0 Å². The maximum Gasteiger partial charge on any atom is 0.230 e. The summed E-state index contributed by atoms with van der Waals surface area (Å²) < 4.78 is 16.3. The average molecular weight is 343 g/mol. The maximum atomic E-state index is 13.1. The molecule has 1 aromatic carbocycles. The lowest BCUT2D eigenvalue weighted by Gasteiger charge is -2.26. The van der Waals surface area contributed by atoms with Gasteiger partial charge in [0.15, 0.2) is 17.3 Å². The second kappa shape index (κ2) is 6.38. The van der Waals surface area contributed by atoms with Crippen molar-refractivity contribution in [1.29, 1.82) is 0 Å². The predicted molar refractivity (Wildman–Crippen MR) is 88.6 cm³/mol. The van der Waals surface area contributed by atoms with E-state index < -0.39 is 0 Å². The van der Waals surface area contributed by atoms with E-state index in [-0.39, 0.29) is 17.9 Å². The van der Waals surface area contributed by atoms with E-state index in [0.717, 1.165) is 24.2 Å². The van der Waals surface area contributed by atoms with Crippen molar-refractivity contribution in [3.8, 4) is 11.5 Å². The molecule has 7 heteroatoms. The van der Waals surface area contributed by atoms with Crippen LogP contribution in [-0.2, 0) is 4.79 Å². The van der Waals surface area contributed by atoms with Crippen LogP contribution in [0.5, 0.6) is 11.5 Å². The van der Waals surface area contributed by atoms with Crippen molar-refractivity contribution >= 4 is 5.91 Å². The molecule has 0 radical (unpaired) electrons. The Balaban J connectivity index is 1.55. The Labute approximate surface area is 145 Å². The highest BCUT2D eigenvalue weighted by Gasteiger charge is 2.35.